The fourth-order valence-electron chi connectivity index (χ4n) is 1.43. The topological polar surface area (TPSA) is 74.1 Å². The molecule has 1 aromatic heterocycles. The van der Waals surface area contributed by atoms with Crippen LogP contribution in [0.3, 0.4) is 0 Å². The van der Waals surface area contributed by atoms with Crippen molar-refractivity contribution in [3.8, 4) is 0 Å². The van der Waals surface area contributed by atoms with Gasteiger partial charge in [0.2, 0.25) is 0 Å². The molecule has 19 heavy (non-hydrogen) atoms. The molecule has 0 unspecified atom stereocenters. The number of hydrogen-bond donors (Lipinski definition) is 1. The van der Waals surface area contributed by atoms with Crippen LogP contribution in [0.1, 0.15) is 33.0 Å². The highest BCUT2D eigenvalue weighted by Crippen LogP contribution is 2.02. The summed E-state index contributed by atoms with van der Waals surface area (Å²) in [6, 6.07) is 0. The molecular weight excluding hydrogens is 246 g/mol. The summed E-state index contributed by atoms with van der Waals surface area (Å²) < 4.78 is 12.1. The van der Waals surface area contributed by atoms with Crippen molar-refractivity contribution in [2.75, 3.05) is 26.9 Å². The van der Waals surface area contributed by atoms with Gasteiger partial charge in [0, 0.05) is 25.8 Å². The lowest BCUT2D eigenvalue weighted by molar-refractivity contribution is 0.0675. The average Bonchev–Trinajstić information content (AvgIpc) is 2.78. The van der Waals surface area contributed by atoms with Crippen molar-refractivity contribution in [3.05, 3.63) is 5.82 Å². The molecule has 1 N–H and O–H groups in total. The highest BCUT2D eigenvalue weighted by molar-refractivity contribution is 4.83. The van der Waals surface area contributed by atoms with Crippen molar-refractivity contribution in [1.29, 1.82) is 0 Å². The minimum absolute atomic E-state index is 0.0556. The molecule has 1 aromatic rings. The molecule has 0 aliphatic rings. The zero-order valence-electron chi connectivity index (χ0n) is 12.3. The van der Waals surface area contributed by atoms with Crippen molar-refractivity contribution in [2.24, 2.45) is 0 Å². The molecule has 7 nitrogen and oxygen atoms in total. The molecule has 0 spiro atoms. The van der Waals surface area contributed by atoms with Crippen LogP contribution in [-0.4, -0.2) is 52.7 Å². The molecule has 0 saturated heterocycles. The molecule has 0 aliphatic carbocycles. The third-order valence-electron chi connectivity index (χ3n) is 2.47. The number of tetrazole rings is 1. The van der Waals surface area contributed by atoms with Crippen LogP contribution in [-0.2, 0) is 22.6 Å². The first-order chi connectivity index (χ1) is 9.03. The number of ether oxygens (including phenoxy) is 2. The molecular formula is C12H25N5O2. The molecule has 1 rings (SSSR count). The van der Waals surface area contributed by atoms with E-state index >= 15 is 0 Å². The van der Waals surface area contributed by atoms with Gasteiger partial charge >= 0.3 is 0 Å². The first kappa shape index (κ1) is 16.0. The minimum Gasteiger partial charge on any atom is -0.382 e. The predicted octanol–water partition coefficient (Wildman–Crippen LogP) is 0.614. The van der Waals surface area contributed by atoms with E-state index < -0.39 is 0 Å². The maximum atomic E-state index is 5.40. The van der Waals surface area contributed by atoms with Crippen LogP contribution in [0.5, 0.6) is 0 Å². The summed E-state index contributed by atoms with van der Waals surface area (Å²) in [5, 5.41) is 15.1. The first-order valence-corrected chi connectivity index (χ1v) is 6.59. The van der Waals surface area contributed by atoms with Crippen molar-refractivity contribution in [1.82, 2.24) is 25.5 Å². The van der Waals surface area contributed by atoms with E-state index in [1.807, 2.05) is 4.68 Å². The van der Waals surface area contributed by atoms with E-state index in [4.69, 9.17) is 9.47 Å². The minimum atomic E-state index is 0.0556. The Hall–Kier alpha value is -1.05. The van der Waals surface area contributed by atoms with Gasteiger partial charge in [-0.1, -0.05) is 0 Å². The van der Waals surface area contributed by atoms with Crippen molar-refractivity contribution < 1.29 is 9.47 Å². The Morgan fingerprint density at radius 3 is 2.68 bits per heavy atom. The summed E-state index contributed by atoms with van der Waals surface area (Å²) in [5.41, 5.74) is 0.0556. The number of nitrogens with zero attached hydrogens (tertiary/aromatic N) is 4. The Kier molecular flexibility index (Phi) is 6.90. The van der Waals surface area contributed by atoms with E-state index in [-0.39, 0.29) is 5.54 Å². The molecule has 0 fully saturated rings. The maximum Gasteiger partial charge on any atom is 0.165 e. The Bertz CT molecular complexity index is 348. The molecule has 0 atom stereocenters. The standard InChI is InChI=1S/C12H25N5O2/c1-12(2,3)13-10-11-14-15-16-17(11)6-5-7-19-9-8-18-4/h13H,5-10H2,1-4H3. The van der Waals surface area contributed by atoms with E-state index in [1.165, 1.54) is 0 Å². The average molecular weight is 271 g/mol. The van der Waals surface area contributed by atoms with Gasteiger partial charge in [0.05, 0.1) is 19.8 Å². The normalized spacial score (nSPS) is 12.0. The van der Waals surface area contributed by atoms with Gasteiger partial charge < -0.3 is 14.8 Å². The molecule has 0 aliphatic heterocycles. The van der Waals surface area contributed by atoms with Crippen LogP contribution in [0.25, 0.3) is 0 Å². The molecule has 1 heterocycles. The van der Waals surface area contributed by atoms with Crippen LogP contribution in [0.2, 0.25) is 0 Å². The van der Waals surface area contributed by atoms with Crippen molar-refractivity contribution in [3.63, 3.8) is 0 Å². The quantitative estimate of drug-likeness (QED) is 0.664. The lowest BCUT2D eigenvalue weighted by Gasteiger charge is -2.19. The lowest BCUT2D eigenvalue weighted by atomic mass is 10.1. The second kappa shape index (κ2) is 8.19. The van der Waals surface area contributed by atoms with Crippen LogP contribution in [0.15, 0.2) is 0 Å². The van der Waals surface area contributed by atoms with E-state index in [9.17, 15) is 0 Å². The van der Waals surface area contributed by atoms with Gasteiger partial charge in [0.15, 0.2) is 5.82 Å². The molecule has 0 radical (unpaired) electrons. The number of hydrogen-bond acceptors (Lipinski definition) is 6. The fourth-order valence-corrected chi connectivity index (χ4v) is 1.43. The molecule has 7 heteroatoms. The Labute approximate surface area is 114 Å². The molecule has 0 amide bonds. The predicted molar refractivity (Wildman–Crippen MR) is 71.7 cm³/mol. The van der Waals surface area contributed by atoms with Gasteiger partial charge in [-0.25, -0.2) is 4.68 Å². The van der Waals surface area contributed by atoms with Gasteiger partial charge in [-0.3, -0.25) is 0 Å². The van der Waals surface area contributed by atoms with E-state index in [2.05, 4.69) is 41.6 Å². The number of rotatable bonds is 9. The maximum absolute atomic E-state index is 5.40. The number of aromatic nitrogens is 4. The molecule has 110 valence electrons. The van der Waals surface area contributed by atoms with E-state index in [0.717, 1.165) is 18.8 Å². The van der Waals surface area contributed by atoms with Crippen LogP contribution in [0, 0.1) is 0 Å². The highest BCUT2D eigenvalue weighted by atomic mass is 16.5. The Morgan fingerprint density at radius 2 is 2.00 bits per heavy atom. The van der Waals surface area contributed by atoms with Crippen molar-refractivity contribution >= 4 is 0 Å². The van der Waals surface area contributed by atoms with Gasteiger partial charge in [-0.15, -0.1) is 5.10 Å². The highest BCUT2D eigenvalue weighted by Gasteiger charge is 2.12. The summed E-state index contributed by atoms with van der Waals surface area (Å²) in [7, 11) is 1.67. The van der Waals surface area contributed by atoms with Gasteiger partial charge in [0.25, 0.3) is 0 Å². The summed E-state index contributed by atoms with van der Waals surface area (Å²) in [4.78, 5) is 0. The molecule has 0 bridgehead atoms. The number of methoxy groups -OCH3 is 1. The first-order valence-electron chi connectivity index (χ1n) is 6.59. The van der Waals surface area contributed by atoms with E-state index in [0.29, 0.717) is 26.4 Å². The largest absolute Gasteiger partial charge is 0.382 e. The Balaban J connectivity index is 2.25. The van der Waals surface area contributed by atoms with E-state index in [1.54, 1.807) is 7.11 Å². The third-order valence-corrected chi connectivity index (χ3v) is 2.47. The SMILES string of the molecule is COCCOCCCn1nnnc1CNC(C)(C)C. The van der Waals surface area contributed by atoms with Gasteiger partial charge in [-0.2, -0.15) is 0 Å². The third kappa shape index (κ3) is 7.19. The number of nitrogens with one attached hydrogen (secondary N) is 1. The summed E-state index contributed by atoms with van der Waals surface area (Å²) in [5.74, 6) is 0.854. The zero-order valence-corrected chi connectivity index (χ0v) is 12.3. The van der Waals surface area contributed by atoms with Crippen LogP contribution >= 0.6 is 0 Å². The molecule has 0 aromatic carbocycles. The summed E-state index contributed by atoms with van der Waals surface area (Å²) >= 11 is 0. The second-order valence-electron chi connectivity index (χ2n) is 5.38. The fraction of sp³-hybridized carbons (Fsp3) is 0.917. The zero-order chi connectivity index (χ0) is 14.1. The smallest absolute Gasteiger partial charge is 0.165 e. The van der Waals surface area contributed by atoms with Crippen LogP contribution < -0.4 is 5.32 Å². The second-order valence-corrected chi connectivity index (χ2v) is 5.38. The lowest BCUT2D eigenvalue weighted by Crippen LogP contribution is -2.36. The monoisotopic (exact) mass is 271 g/mol. The summed E-state index contributed by atoms with van der Waals surface area (Å²) in [6.07, 6.45) is 0.886. The number of aryl methyl sites for hydroxylation is 1. The molecule has 0 saturated carbocycles. The summed E-state index contributed by atoms with van der Waals surface area (Å²) in [6.45, 7) is 9.73. The van der Waals surface area contributed by atoms with Gasteiger partial charge in [0.1, 0.15) is 0 Å². The Morgan fingerprint density at radius 1 is 1.21 bits per heavy atom. The van der Waals surface area contributed by atoms with Crippen LogP contribution in [0.4, 0.5) is 0 Å². The van der Waals surface area contributed by atoms with Gasteiger partial charge in [-0.05, 0) is 37.6 Å². The van der Waals surface area contributed by atoms with Crippen molar-refractivity contribution in [2.45, 2.75) is 45.8 Å².